The highest BCUT2D eigenvalue weighted by atomic mass is 32.2. The van der Waals surface area contributed by atoms with Crippen molar-refractivity contribution in [1.29, 1.82) is 0 Å². The highest BCUT2D eigenvalue weighted by Gasteiger charge is 2.50. The van der Waals surface area contributed by atoms with E-state index >= 15 is 0 Å². The molecule has 1 aliphatic rings. The number of benzene rings is 4. The molecule has 1 aromatic heterocycles. The second-order valence-corrected chi connectivity index (χ2v) is 12.4. The Bertz CT molecular complexity index is 2030. The normalized spacial score (nSPS) is 17.7. The molecule has 0 bridgehead atoms. The first kappa shape index (κ1) is 34.7. The van der Waals surface area contributed by atoms with E-state index < -0.39 is 23.8 Å². The van der Waals surface area contributed by atoms with Crippen molar-refractivity contribution in [2.24, 2.45) is 10.2 Å². The number of rotatable bonds is 8. The van der Waals surface area contributed by atoms with Gasteiger partial charge in [0.25, 0.3) is 0 Å². The number of thioether (sulfide) groups is 1. The minimum atomic E-state index is -4.79. The van der Waals surface area contributed by atoms with Gasteiger partial charge in [-0.3, -0.25) is 4.90 Å². The number of hydrogen-bond acceptors (Lipinski definition) is 7. The summed E-state index contributed by atoms with van der Waals surface area (Å²) in [6, 6.07) is 24.3. The van der Waals surface area contributed by atoms with E-state index in [9.17, 15) is 31.4 Å². The maximum atomic E-state index is 14.1. The number of anilines is 1. The summed E-state index contributed by atoms with van der Waals surface area (Å²) in [5.41, 5.74) is -0.193. The van der Waals surface area contributed by atoms with E-state index in [-0.39, 0.29) is 28.2 Å². The van der Waals surface area contributed by atoms with Gasteiger partial charge in [0.15, 0.2) is 16.7 Å². The van der Waals surface area contributed by atoms with Gasteiger partial charge in [0, 0.05) is 16.8 Å². The minimum Gasteiger partial charge on any atom is -0.406 e. The van der Waals surface area contributed by atoms with E-state index in [0.29, 0.717) is 28.3 Å². The summed E-state index contributed by atoms with van der Waals surface area (Å²) in [6.07, 6.45) is -6.59. The predicted octanol–water partition coefficient (Wildman–Crippen LogP) is 8.76. The summed E-state index contributed by atoms with van der Waals surface area (Å²) in [5.74, 6) is -0.127. The lowest BCUT2D eigenvalue weighted by Crippen LogP contribution is -2.47. The zero-order chi connectivity index (χ0) is 35.7. The third-order valence-electron chi connectivity index (χ3n) is 7.77. The molecule has 258 valence electrons. The molecule has 1 unspecified atom stereocenters. The van der Waals surface area contributed by atoms with Gasteiger partial charge in [-0.25, -0.2) is 9.67 Å². The third-order valence-corrected chi connectivity index (χ3v) is 8.84. The molecule has 0 spiro atoms. The fourth-order valence-corrected chi connectivity index (χ4v) is 6.57. The number of para-hydroxylation sites is 1. The van der Waals surface area contributed by atoms with Crippen LogP contribution >= 0.6 is 11.8 Å². The molecule has 1 saturated heterocycles. The van der Waals surface area contributed by atoms with Crippen LogP contribution in [0.5, 0.6) is 5.75 Å². The summed E-state index contributed by atoms with van der Waals surface area (Å²) >= 11 is 1.09. The van der Waals surface area contributed by atoms with E-state index in [0.717, 1.165) is 23.4 Å². The first-order valence-corrected chi connectivity index (χ1v) is 16.1. The molecule has 50 heavy (non-hydrogen) atoms. The molecule has 1 atom stereocenters. The summed E-state index contributed by atoms with van der Waals surface area (Å²) in [6.45, 7) is 3.91. The SMILES string of the molecule is CC(C)c1ccccc1N1C(=NN=Cc2ccc(-c3ncn(-c4ccc(OC(F)(F)F)cc4)n3)cc2)SCC1(O)c1ccccc1C(F)(F)F. The van der Waals surface area contributed by atoms with Crippen LogP contribution in [0.3, 0.4) is 0 Å². The topological polar surface area (TPSA) is 88.1 Å². The second-order valence-electron chi connectivity index (χ2n) is 11.5. The van der Waals surface area contributed by atoms with Crippen LogP contribution in [0, 0.1) is 0 Å². The first-order chi connectivity index (χ1) is 23.7. The summed E-state index contributed by atoms with van der Waals surface area (Å²) in [4.78, 5) is 5.72. The standard InChI is InChI=1S/C35H28F6N6O2S/c1-22(2)27-7-3-6-10-30(27)47-32(50-20-33(47,48)28-8-4-5-9-29(28)34(36,37)38)44-43-19-23-11-13-24(14-12-23)31-42-21-46(45-31)25-15-17-26(18-16-25)49-35(39,40)41/h3-19,21-22,48H,20H2,1-2H3. The van der Waals surface area contributed by atoms with Gasteiger partial charge in [-0.1, -0.05) is 86.3 Å². The molecular weight excluding hydrogens is 682 g/mol. The maximum absolute atomic E-state index is 14.1. The number of hydrogen-bond donors (Lipinski definition) is 1. The molecular formula is C35H28F6N6O2S. The largest absolute Gasteiger partial charge is 0.573 e. The highest BCUT2D eigenvalue weighted by molar-refractivity contribution is 8.14. The maximum Gasteiger partial charge on any atom is 0.573 e. The van der Waals surface area contributed by atoms with Gasteiger partial charge in [-0.15, -0.1) is 23.4 Å². The predicted molar refractivity (Wildman–Crippen MR) is 179 cm³/mol. The molecule has 15 heteroatoms. The Labute approximate surface area is 286 Å². The van der Waals surface area contributed by atoms with Crippen molar-refractivity contribution in [2.75, 3.05) is 10.7 Å². The third kappa shape index (κ3) is 7.38. The van der Waals surface area contributed by atoms with Crippen LogP contribution in [0.2, 0.25) is 0 Å². The Morgan fingerprint density at radius 2 is 1.58 bits per heavy atom. The Morgan fingerprint density at radius 1 is 0.900 bits per heavy atom. The average molecular weight is 711 g/mol. The van der Waals surface area contributed by atoms with Crippen LogP contribution in [0.25, 0.3) is 17.1 Å². The van der Waals surface area contributed by atoms with Crippen molar-refractivity contribution in [2.45, 2.75) is 38.0 Å². The van der Waals surface area contributed by atoms with Gasteiger partial charge in [0.2, 0.25) is 0 Å². The smallest absolute Gasteiger partial charge is 0.406 e. The molecule has 8 nitrogen and oxygen atoms in total. The van der Waals surface area contributed by atoms with Gasteiger partial charge < -0.3 is 9.84 Å². The van der Waals surface area contributed by atoms with Crippen molar-refractivity contribution in [3.05, 3.63) is 126 Å². The van der Waals surface area contributed by atoms with Crippen LogP contribution in [-0.4, -0.2) is 43.4 Å². The van der Waals surface area contributed by atoms with Gasteiger partial charge in [0.1, 0.15) is 12.1 Å². The van der Waals surface area contributed by atoms with Crippen LogP contribution in [-0.2, 0) is 11.9 Å². The van der Waals surface area contributed by atoms with E-state index in [1.807, 2.05) is 26.0 Å². The molecule has 4 aromatic carbocycles. The van der Waals surface area contributed by atoms with Gasteiger partial charge in [-0.2, -0.15) is 18.3 Å². The quantitative estimate of drug-likeness (QED) is 0.0985. The van der Waals surface area contributed by atoms with E-state index in [4.69, 9.17) is 0 Å². The van der Waals surface area contributed by atoms with Crippen molar-refractivity contribution in [3.63, 3.8) is 0 Å². The van der Waals surface area contributed by atoms with Crippen molar-refractivity contribution in [1.82, 2.24) is 14.8 Å². The first-order valence-electron chi connectivity index (χ1n) is 15.1. The Balaban J connectivity index is 1.25. The number of nitrogens with zero attached hydrogens (tertiary/aromatic N) is 6. The lowest BCUT2D eigenvalue weighted by Gasteiger charge is -2.37. The van der Waals surface area contributed by atoms with Crippen LogP contribution in [0.15, 0.2) is 114 Å². The second kappa shape index (κ2) is 13.6. The molecule has 5 aromatic rings. The zero-order valence-electron chi connectivity index (χ0n) is 26.4. The Kier molecular flexibility index (Phi) is 9.46. The van der Waals surface area contributed by atoms with Crippen molar-refractivity contribution >= 4 is 28.8 Å². The number of alkyl halides is 6. The summed E-state index contributed by atoms with van der Waals surface area (Å²) in [7, 11) is 0. The van der Waals surface area contributed by atoms with Crippen molar-refractivity contribution < 1.29 is 36.2 Å². The minimum absolute atomic E-state index is 0.0125. The molecule has 6 rings (SSSR count). The lowest BCUT2D eigenvalue weighted by molar-refractivity contribution is -0.274. The van der Waals surface area contributed by atoms with E-state index in [1.165, 1.54) is 64.6 Å². The van der Waals surface area contributed by atoms with Gasteiger partial charge in [-0.05, 0) is 53.4 Å². The van der Waals surface area contributed by atoms with Gasteiger partial charge in [0.05, 0.1) is 23.2 Å². The molecule has 0 amide bonds. The number of ether oxygens (including phenoxy) is 1. The highest BCUT2D eigenvalue weighted by Crippen LogP contribution is 2.48. The van der Waals surface area contributed by atoms with Crippen molar-refractivity contribution in [3.8, 4) is 22.8 Å². The van der Waals surface area contributed by atoms with Gasteiger partial charge >= 0.3 is 12.5 Å². The average Bonchev–Trinajstić information content (AvgIpc) is 3.70. The molecule has 0 aliphatic carbocycles. The number of amidine groups is 1. The Morgan fingerprint density at radius 3 is 2.26 bits per heavy atom. The fraction of sp³-hybridized carbons (Fsp3) is 0.200. The molecule has 1 aliphatic heterocycles. The molecule has 1 N–H and O–H groups in total. The molecule has 2 heterocycles. The number of aromatic nitrogens is 3. The monoisotopic (exact) mass is 710 g/mol. The number of aliphatic hydroxyl groups is 1. The van der Waals surface area contributed by atoms with E-state index in [1.54, 1.807) is 36.4 Å². The fourth-order valence-electron chi connectivity index (χ4n) is 5.47. The zero-order valence-corrected chi connectivity index (χ0v) is 27.2. The van der Waals surface area contributed by atoms with Crippen LogP contribution < -0.4 is 9.64 Å². The van der Waals surface area contributed by atoms with Crippen LogP contribution in [0.4, 0.5) is 32.0 Å². The number of halogens is 6. The summed E-state index contributed by atoms with van der Waals surface area (Å²) < 4.78 is 85.1. The Hall–Kier alpha value is -5.15. The summed E-state index contributed by atoms with van der Waals surface area (Å²) in [5, 5.41) is 25.3. The van der Waals surface area contributed by atoms with E-state index in [2.05, 4.69) is 25.0 Å². The van der Waals surface area contributed by atoms with Crippen LogP contribution in [0.1, 0.15) is 42.0 Å². The molecule has 1 fully saturated rings. The molecule has 0 radical (unpaired) electrons. The molecule has 0 saturated carbocycles. The lowest BCUT2D eigenvalue weighted by atomic mass is 9.94.